The molecule has 1 aromatic rings. The zero-order valence-electron chi connectivity index (χ0n) is 9.95. The van der Waals surface area contributed by atoms with Gasteiger partial charge in [-0.2, -0.15) is 0 Å². The second-order valence-corrected chi connectivity index (χ2v) is 5.36. The van der Waals surface area contributed by atoms with Crippen molar-refractivity contribution in [1.82, 2.24) is 5.32 Å². The molecule has 3 nitrogen and oxygen atoms in total. The van der Waals surface area contributed by atoms with Gasteiger partial charge in [0.2, 0.25) is 0 Å². The van der Waals surface area contributed by atoms with E-state index in [-0.39, 0.29) is 16.9 Å². The molecule has 1 saturated heterocycles. The lowest BCUT2D eigenvalue weighted by molar-refractivity contribution is 0.181. The fraction of sp³-hybridized carbons (Fsp3) is 0.571. The molecule has 0 bridgehead atoms. The van der Waals surface area contributed by atoms with Crippen molar-refractivity contribution in [2.75, 3.05) is 6.54 Å². The average molecular weight is 233 g/mol. The smallest absolute Gasteiger partial charge is 0.157 e. The Labute approximate surface area is 101 Å². The van der Waals surface area contributed by atoms with Crippen LogP contribution in [0.5, 0.6) is 11.5 Å². The molecular weight excluding hydrogens is 214 g/mol. The van der Waals surface area contributed by atoms with E-state index < -0.39 is 0 Å². The first-order valence-electron chi connectivity index (χ1n) is 6.48. The van der Waals surface area contributed by atoms with E-state index in [1.165, 1.54) is 37.7 Å². The van der Waals surface area contributed by atoms with Crippen molar-refractivity contribution in [2.24, 2.45) is 0 Å². The largest absolute Gasteiger partial charge is 0.504 e. The van der Waals surface area contributed by atoms with Crippen LogP contribution in [0.1, 0.15) is 37.7 Å². The molecule has 0 aromatic heterocycles. The van der Waals surface area contributed by atoms with Gasteiger partial charge < -0.3 is 15.5 Å². The standard InChI is InChI=1S/C14H19NO2/c16-11-5-4-10(9-12(11)17)14(6-2-7-14)13-3-1-8-15-13/h4-5,9,13,15-17H,1-3,6-8H2. The maximum atomic E-state index is 9.66. The van der Waals surface area contributed by atoms with Crippen LogP contribution in [-0.4, -0.2) is 22.8 Å². The zero-order chi connectivity index (χ0) is 11.9. The highest BCUT2D eigenvalue weighted by atomic mass is 16.3. The summed E-state index contributed by atoms with van der Waals surface area (Å²) in [4.78, 5) is 0. The van der Waals surface area contributed by atoms with Gasteiger partial charge in [-0.25, -0.2) is 0 Å². The van der Waals surface area contributed by atoms with Gasteiger partial charge in [0.25, 0.3) is 0 Å². The van der Waals surface area contributed by atoms with E-state index in [4.69, 9.17) is 0 Å². The van der Waals surface area contributed by atoms with Crippen molar-refractivity contribution in [3.05, 3.63) is 23.8 Å². The molecule has 0 radical (unpaired) electrons. The summed E-state index contributed by atoms with van der Waals surface area (Å²) in [5, 5.41) is 22.6. The second kappa shape index (κ2) is 3.91. The lowest BCUT2D eigenvalue weighted by Gasteiger charge is -2.47. The molecule has 1 aromatic carbocycles. The van der Waals surface area contributed by atoms with Crippen LogP contribution in [0.15, 0.2) is 18.2 Å². The van der Waals surface area contributed by atoms with E-state index in [1.54, 1.807) is 12.1 Å². The molecular formula is C14H19NO2. The number of phenols is 2. The van der Waals surface area contributed by atoms with Crippen molar-refractivity contribution in [3.63, 3.8) is 0 Å². The predicted molar refractivity (Wildman–Crippen MR) is 66.3 cm³/mol. The van der Waals surface area contributed by atoms with Crippen LogP contribution in [0.3, 0.4) is 0 Å². The number of phenolic OH excluding ortho intramolecular Hbond substituents is 2. The lowest BCUT2D eigenvalue weighted by Crippen LogP contribution is -2.50. The Morgan fingerprint density at radius 2 is 1.94 bits per heavy atom. The van der Waals surface area contributed by atoms with Crippen LogP contribution in [0.2, 0.25) is 0 Å². The summed E-state index contributed by atoms with van der Waals surface area (Å²) in [6, 6.07) is 5.86. The normalized spacial score (nSPS) is 26.7. The Hall–Kier alpha value is -1.22. The van der Waals surface area contributed by atoms with Crippen LogP contribution < -0.4 is 5.32 Å². The molecule has 1 aliphatic carbocycles. The van der Waals surface area contributed by atoms with Crippen molar-refractivity contribution in [2.45, 2.75) is 43.6 Å². The second-order valence-electron chi connectivity index (χ2n) is 5.36. The summed E-state index contributed by atoms with van der Waals surface area (Å²) in [5.74, 6) is -0.0191. The fourth-order valence-corrected chi connectivity index (χ4v) is 3.39. The van der Waals surface area contributed by atoms with Gasteiger partial charge >= 0.3 is 0 Å². The van der Waals surface area contributed by atoms with Crippen molar-refractivity contribution in [3.8, 4) is 11.5 Å². The van der Waals surface area contributed by atoms with Gasteiger partial charge in [-0.3, -0.25) is 0 Å². The van der Waals surface area contributed by atoms with Crippen molar-refractivity contribution >= 4 is 0 Å². The molecule has 0 amide bonds. The van der Waals surface area contributed by atoms with Crippen LogP contribution >= 0.6 is 0 Å². The third kappa shape index (κ3) is 1.61. The van der Waals surface area contributed by atoms with Crippen LogP contribution in [0, 0.1) is 0 Å². The third-order valence-electron chi connectivity index (χ3n) is 4.52. The third-order valence-corrected chi connectivity index (χ3v) is 4.52. The first kappa shape index (κ1) is 10.9. The molecule has 2 fully saturated rings. The van der Waals surface area contributed by atoms with Gasteiger partial charge in [0.05, 0.1) is 0 Å². The first-order valence-corrected chi connectivity index (χ1v) is 6.48. The van der Waals surface area contributed by atoms with Gasteiger partial charge in [-0.1, -0.05) is 12.5 Å². The molecule has 0 spiro atoms. The molecule has 3 heteroatoms. The number of rotatable bonds is 2. The minimum Gasteiger partial charge on any atom is -0.504 e. The summed E-state index contributed by atoms with van der Waals surface area (Å²) in [6.07, 6.45) is 6.11. The zero-order valence-corrected chi connectivity index (χ0v) is 9.95. The van der Waals surface area contributed by atoms with Gasteiger partial charge in [0.15, 0.2) is 11.5 Å². The van der Waals surface area contributed by atoms with Crippen LogP contribution in [0.25, 0.3) is 0 Å². The van der Waals surface area contributed by atoms with Gasteiger partial charge in [-0.15, -0.1) is 0 Å². The first-order chi connectivity index (χ1) is 8.22. The average Bonchev–Trinajstić information content (AvgIpc) is 2.75. The summed E-state index contributed by atoms with van der Waals surface area (Å²) in [7, 11) is 0. The molecule has 3 N–H and O–H groups in total. The van der Waals surface area contributed by atoms with E-state index in [0.717, 1.165) is 6.54 Å². The molecule has 1 unspecified atom stereocenters. The number of aromatic hydroxyl groups is 2. The van der Waals surface area contributed by atoms with E-state index in [1.807, 2.05) is 6.07 Å². The number of hydrogen-bond donors (Lipinski definition) is 3. The minimum atomic E-state index is -0.0254. The van der Waals surface area contributed by atoms with E-state index in [9.17, 15) is 10.2 Å². The molecule has 1 heterocycles. The minimum absolute atomic E-state index is 0.00627. The monoisotopic (exact) mass is 233 g/mol. The SMILES string of the molecule is Oc1ccc(C2(C3CCCN3)CCC2)cc1O. The maximum Gasteiger partial charge on any atom is 0.157 e. The summed E-state index contributed by atoms with van der Waals surface area (Å²) < 4.78 is 0. The van der Waals surface area contributed by atoms with E-state index in [2.05, 4.69) is 5.32 Å². The number of benzene rings is 1. The van der Waals surface area contributed by atoms with Gasteiger partial charge in [-0.05, 0) is 49.9 Å². The van der Waals surface area contributed by atoms with Crippen molar-refractivity contribution in [1.29, 1.82) is 0 Å². The molecule has 92 valence electrons. The van der Waals surface area contributed by atoms with Crippen LogP contribution in [-0.2, 0) is 5.41 Å². The fourth-order valence-electron chi connectivity index (χ4n) is 3.39. The maximum absolute atomic E-state index is 9.66. The molecule has 17 heavy (non-hydrogen) atoms. The molecule has 1 aliphatic heterocycles. The van der Waals surface area contributed by atoms with E-state index >= 15 is 0 Å². The Morgan fingerprint density at radius 1 is 1.12 bits per heavy atom. The summed E-state index contributed by atoms with van der Waals surface area (Å²) in [6.45, 7) is 1.11. The Balaban J connectivity index is 1.96. The predicted octanol–water partition coefficient (Wildman–Crippen LogP) is 2.27. The molecule has 1 atom stereocenters. The summed E-state index contributed by atoms with van der Waals surface area (Å²) >= 11 is 0. The molecule has 2 aliphatic rings. The molecule has 3 rings (SSSR count). The topological polar surface area (TPSA) is 52.5 Å². The Kier molecular flexibility index (Phi) is 2.51. The number of nitrogens with one attached hydrogen (secondary N) is 1. The van der Waals surface area contributed by atoms with Gasteiger partial charge in [0.1, 0.15) is 0 Å². The van der Waals surface area contributed by atoms with Crippen LogP contribution in [0.4, 0.5) is 0 Å². The molecule has 1 saturated carbocycles. The quantitative estimate of drug-likeness (QED) is 0.687. The van der Waals surface area contributed by atoms with E-state index in [0.29, 0.717) is 6.04 Å². The highest BCUT2D eigenvalue weighted by molar-refractivity contribution is 5.44. The highest BCUT2D eigenvalue weighted by Gasteiger charge is 2.46. The number of hydrogen-bond acceptors (Lipinski definition) is 3. The Morgan fingerprint density at radius 3 is 2.47 bits per heavy atom. The highest BCUT2D eigenvalue weighted by Crippen LogP contribution is 2.49. The lowest BCUT2D eigenvalue weighted by atomic mass is 9.60. The summed E-state index contributed by atoms with van der Waals surface area (Å²) in [5.41, 5.74) is 1.38. The van der Waals surface area contributed by atoms with Crippen molar-refractivity contribution < 1.29 is 10.2 Å². The Bertz CT molecular complexity index is 420. The van der Waals surface area contributed by atoms with Gasteiger partial charge in [0, 0.05) is 11.5 Å².